The van der Waals surface area contributed by atoms with E-state index in [9.17, 15) is 4.79 Å². The summed E-state index contributed by atoms with van der Waals surface area (Å²) in [6, 6.07) is 7.50. The molecule has 0 bridgehead atoms. The van der Waals surface area contributed by atoms with Crippen molar-refractivity contribution in [2.75, 3.05) is 11.4 Å². The van der Waals surface area contributed by atoms with E-state index < -0.39 is 5.97 Å². The molecule has 0 saturated carbocycles. The molecule has 3 nitrogen and oxygen atoms in total. The van der Waals surface area contributed by atoms with Crippen LogP contribution < -0.4 is 4.90 Å². The summed E-state index contributed by atoms with van der Waals surface area (Å²) in [5.74, 6) is -0.328. The van der Waals surface area contributed by atoms with E-state index in [-0.39, 0.29) is 0 Å². The van der Waals surface area contributed by atoms with Crippen molar-refractivity contribution in [3.8, 4) is 0 Å². The van der Waals surface area contributed by atoms with Gasteiger partial charge in [-0.1, -0.05) is 19.9 Å². The maximum atomic E-state index is 10.9. The highest BCUT2D eigenvalue weighted by atomic mass is 16.4. The fourth-order valence-electron chi connectivity index (χ4n) is 1.83. The van der Waals surface area contributed by atoms with Crippen LogP contribution in [0.2, 0.25) is 0 Å². The van der Waals surface area contributed by atoms with E-state index >= 15 is 0 Å². The van der Waals surface area contributed by atoms with Crippen LogP contribution in [0.5, 0.6) is 0 Å². The maximum absolute atomic E-state index is 10.9. The van der Waals surface area contributed by atoms with Gasteiger partial charge < -0.3 is 10.0 Å². The average Bonchev–Trinajstić information content (AvgIpc) is 2.25. The molecule has 0 spiro atoms. The molecule has 0 aromatic heterocycles. The van der Waals surface area contributed by atoms with Crippen LogP contribution in [-0.4, -0.2) is 23.7 Å². The maximum Gasteiger partial charge on any atom is 0.335 e. The summed E-state index contributed by atoms with van der Waals surface area (Å²) in [4.78, 5) is 13.2. The summed E-state index contributed by atoms with van der Waals surface area (Å²) in [7, 11) is 0. The van der Waals surface area contributed by atoms with E-state index in [1.807, 2.05) is 6.07 Å². The van der Waals surface area contributed by atoms with Crippen molar-refractivity contribution in [3.05, 3.63) is 29.8 Å². The first-order valence-corrected chi connectivity index (χ1v) is 6.01. The largest absolute Gasteiger partial charge is 0.478 e. The highest BCUT2D eigenvalue weighted by Gasteiger charge is 2.13. The zero-order valence-electron chi connectivity index (χ0n) is 11.0. The van der Waals surface area contributed by atoms with E-state index in [4.69, 9.17) is 5.11 Å². The summed E-state index contributed by atoms with van der Waals surface area (Å²) >= 11 is 0. The first kappa shape index (κ1) is 13.6. The molecule has 0 unspecified atom stereocenters. The number of hydrogen-bond donors (Lipinski definition) is 1. The predicted octanol–water partition coefficient (Wildman–Crippen LogP) is 3.26. The van der Waals surface area contributed by atoms with Gasteiger partial charge in [0.1, 0.15) is 0 Å². The van der Waals surface area contributed by atoms with Gasteiger partial charge in [0.25, 0.3) is 0 Å². The van der Waals surface area contributed by atoms with E-state index in [0.717, 1.165) is 12.2 Å². The average molecular weight is 235 g/mol. The van der Waals surface area contributed by atoms with Crippen molar-refractivity contribution in [1.29, 1.82) is 0 Å². The Morgan fingerprint density at radius 2 is 1.94 bits per heavy atom. The third kappa shape index (κ3) is 3.77. The summed E-state index contributed by atoms with van der Waals surface area (Å²) in [6.07, 6.45) is 0. The Morgan fingerprint density at radius 1 is 1.29 bits per heavy atom. The van der Waals surface area contributed by atoms with Crippen LogP contribution in [-0.2, 0) is 0 Å². The zero-order chi connectivity index (χ0) is 13.0. The fraction of sp³-hybridized carbons (Fsp3) is 0.500. The highest BCUT2D eigenvalue weighted by Crippen LogP contribution is 2.20. The molecule has 94 valence electrons. The first-order valence-electron chi connectivity index (χ1n) is 6.01. The van der Waals surface area contributed by atoms with Crippen molar-refractivity contribution < 1.29 is 9.90 Å². The number of carbonyl (C=O) groups is 1. The Hall–Kier alpha value is -1.51. The molecule has 0 fully saturated rings. The lowest BCUT2D eigenvalue weighted by molar-refractivity contribution is 0.0697. The molecule has 3 heteroatoms. The quantitative estimate of drug-likeness (QED) is 0.851. The van der Waals surface area contributed by atoms with Gasteiger partial charge in [0.05, 0.1) is 5.56 Å². The number of carboxylic acid groups (broad SMARTS) is 1. The van der Waals surface area contributed by atoms with E-state index in [0.29, 0.717) is 17.5 Å². The number of hydrogen-bond acceptors (Lipinski definition) is 2. The lowest BCUT2D eigenvalue weighted by Gasteiger charge is -2.31. The van der Waals surface area contributed by atoms with Crippen LogP contribution in [0.15, 0.2) is 24.3 Å². The summed E-state index contributed by atoms with van der Waals surface area (Å²) in [5.41, 5.74) is 1.32. The second-order valence-electron chi connectivity index (χ2n) is 5.00. The molecule has 1 aromatic carbocycles. The van der Waals surface area contributed by atoms with Crippen molar-refractivity contribution >= 4 is 11.7 Å². The van der Waals surface area contributed by atoms with Crippen molar-refractivity contribution in [3.63, 3.8) is 0 Å². The molecule has 0 amide bonds. The molecule has 1 rings (SSSR count). The topological polar surface area (TPSA) is 40.5 Å². The van der Waals surface area contributed by atoms with Crippen LogP contribution in [0.3, 0.4) is 0 Å². The third-order valence-corrected chi connectivity index (χ3v) is 2.61. The van der Waals surface area contributed by atoms with Gasteiger partial charge >= 0.3 is 5.97 Å². The van der Waals surface area contributed by atoms with Gasteiger partial charge in [-0.25, -0.2) is 4.79 Å². The summed E-state index contributed by atoms with van der Waals surface area (Å²) in [6.45, 7) is 9.50. The molecule has 0 aliphatic rings. The minimum absolute atomic E-state index is 0.344. The smallest absolute Gasteiger partial charge is 0.335 e. The van der Waals surface area contributed by atoms with Gasteiger partial charge in [0.15, 0.2) is 0 Å². The molecule has 1 aromatic rings. The standard InChI is InChI=1S/C14H21NO2/c1-10(2)9-15(11(3)4)13-7-5-6-12(8-13)14(16)17/h5-8,10-11H,9H2,1-4H3,(H,16,17). The SMILES string of the molecule is CC(C)CN(c1cccc(C(=O)O)c1)C(C)C. The second-order valence-corrected chi connectivity index (χ2v) is 5.00. The zero-order valence-corrected chi connectivity index (χ0v) is 11.0. The molecular weight excluding hydrogens is 214 g/mol. The predicted molar refractivity (Wildman–Crippen MR) is 70.7 cm³/mol. The van der Waals surface area contributed by atoms with Crippen LogP contribution in [0.1, 0.15) is 38.1 Å². The van der Waals surface area contributed by atoms with Gasteiger partial charge in [-0.05, 0) is 38.0 Å². The van der Waals surface area contributed by atoms with E-state index in [1.165, 1.54) is 0 Å². The minimum Gasteiger partial charge on any atom is -0.478 e. The van der Waals surface area contributed by atoms with Crippen LogP contribution in [0, 0.1) is 5.92 Å². The lowest BCUT2D eigenvalue weighted by atomic mass is 10.1. The Balaban J connectivity index is 3.01. The third-order valence-electron chi connectivity index (χ3n) is 2.61. The minimum atomic E-state index is -0.875. The Kier molecular flexibility index (Phi) is 4.55. The molecule has 0 aliphatic heterocycles. The summed E-state index contributed by atoms with van der Waals surface area (Å²) < 4.78 is 0. The van der Waals surface area contributed by atoms with Crippen LogP contribution >= 0.6 is 0 Å². The molecule has 0 radical (unpaired) electrons. The number of nitrogens with zero attached hydrogens (tertiary/aromatic N) is 1. The molecule has 0 atom stereocenters. The van der Waals surface area contributed by atoms with Gasteiger partial charge in [-0.2, -0.15) is 0 Å². The highest BCUT2D eigenvalue weighted by molar-refractivity contribution is 5.88. The molecule has 17 heavy (non-hydrogen) atoms. The van der Waals surface area contributed by atoms with Crippen molar-refractivity contribution in [2.24, 2.45) is 5.92 Å². The number of carboxylic acids is 1. The van der Waals surface area contributed by atoms with Crippen molar-refractivity contribution in [1.82, 2.24) is 0 Å². The Labute approximate surface area is 103 Å². The fourth-order valence-corrected chi connectivity index (χ4v) is 1.83. The molecule has 1 N–H and O–H groups in total. The van der Waals surface area contributed by atoms with Gasteiger partial charge in [0.2, 0.25) is 0 Å². The van der Waals surface area contributed by atoms with Gasteiger partial charge in [0, 0.05) is 18.3 Å². The second kappa shape index (κ2) is 5.71. The first-order chi connectivity index (χ1) is 7.91. The van der Waals surface area contributed by atoms with Gasteiger partial charge in [-0.15, -0.1) is 0 Å². The van der Waals surface area contributed by atoms with E-state index in [2.05, 4.69) is 32.6 Å². The lowest BCUT2D eigenvalue weighted by Crippen LogP contribution is -2.34. The monoisotopic (exact) mass is 235 g/mol. The number of rotatable bonds is 5. The van der Waals surface area contributed by atoms with Crippen LogP contribution in [0.25, 0.3) is 0 Å². The number of aromatic carboxylic acids is 1. The van der Waals surface area contributed by atoms with Crippen molar-refractivity contribution in [2.45, 2.75) is 33.7 Å². The van der Waals surface area contributed by atoms with Gasteiger partial charge in [-0.3, -0.25) is 0 Å². The molecular formula is C14H21NO2. The molecule has 0 saturated heterocycles. The summed E-state index contributed by atoms with van der Waals surface area (Å²) in [5, 5.41) is 8.99. The Bertz CT molecular complexity index is 386. The molecule has 0 aliphatic carbocycles. The van der Waals surface area contributed by atoms with Crippen LogP contribution in [0.4, 0.5) is 5.69 Å². The van der Waals surface area contributed by atoms with E-state index in [1.54, 1.807) is 18.2 Å². The number of benzene rings is 1. The normalized spacial score (nSPS) is 10.9. The number of anilines is 1. The molecule has 0 heterocycles. The Morgan fingerprint density at radius 3 is 2.41 bits per heavy atom.